The Balaban J connectivity index is 1.75. The van der Waals surface area contributed by atoms with Gasteiger partial charge in [0.05, 0.1) is 10.5 Å². The maximum Gasteiger partial charge on any atom is 0.416 e. The summed E-state index contributed by atoms with van der Waals surface area (Å²) in [6.45, 7) is -0.0705. The van der Waals surface area contributed by atoms with E-state index < -0.39 is 27.8 Å². The van der Waals surface area contributed by atoms with Gasteiger partial charge in [0.2, 0.25) is 10.0 Å². The number of amides is 2. The lowest BCUT2D eigenvalue weighted by Crippen LogP contribution is -2.37. The average Bonchev–Trinajstić information content (AvgIpc) is 2.80. The molecule has 0 aliphatic rings. The van der Waals surface area contributed by atoms with Crippen molar-refractivity contribution in [1.29, 1.82) is 0 Å². The van der Waals surface area contributed by atoms with E-state index in [2.05, 4.69) is 10.0 Å². The van der Waals surface area contributed by atoms with Gasteiger partial charge < -0.3 is 5.32 Å². The van der Waals surface area contributed by atoms with E-state index in [1.165, 1.54) is 24.3 Å². The minimum Gasteiger partial charge on any atom is -0.308 e. The summed E-state index contributed by atoms with van der Waals surface area (Å²) < 4.78 is 66.8. The van der Waals surface area contributed by atoms with Gasteiger partial charge in [-0.05, 0) is 61.0 Å². The van der Waals surface area contributed by atoms with E-state index in [-0.39, 0.29) is 30.1 Å². The lowest BCUT2D eigenvalue weighted by Gasteiger charge is -2.24. The van der Waals surface area contributed by atoms with Crippen LogP contribution in [0.5, 0.6) is 0 Å². The van der Waals surface area contributed by atoms with Gasteiger partial charge in [-0.25, -0.2) is 17.9 Å². The maximum atomic E-state index is 13.2. The normalized spacial score (nSPS) is 11.8. The number of sulfonamides is 1. The Kier molecular flexibility index (Phi) is 8.19. The number of nitrogens with zero attached hydrogens (tertiary/aromatic N) is 1. The number of alkyl halides is 3. The third kappa shape index (κ3) is 6.96. The van der Waals surface area contributed by atoms with Gasteiger partial charge in [-0.1, -0.05) is 35.9 Å². The van der Waals surface area contributed by atoms with Gasteiger partial charge in [0, 0.05) is 29.5 Å². The van der Waals surface area contributed by atoms with Gasteiger partial charge in [-0.3, -0.25) is 4.90 Å². The zero-order valence-electron chi connectivity index (χ0n) is 17.7. The summed E-state index contributed by atoms with van der Waals surface area (Å²) in [6, 6.07) is 17.7. The zero-order valence-corrected chi connectivity index (χ0v) is 19.3. The maximum absolute atomic E-state index is 13.2. The van der Waals surface area contributed by atoms with Crippen LogP contribution in [0.15, 0.2) is 83.8 Å². The number of halogens is 4. The van der Waals surface area contributed by atoms with Crippen molar-refractivity contribution in [2.75, 3.05) is 23.3 Å². The van der Waals surface area contributed by atoms with Crippen LogP contribution in [0, 0.1) is 0 Å². The number of rotatable bonds is 8. The van der Waals surface area contributed by atoms with Crippen LogP contribution < -0.4 is 14.9 Å². The molecule has 2 N–H and O–H groups in total. The second kappa shape index (κ2) is 10.9. The highest BCUT2D eigenvalue weighted by atomic mass is 35.5. The van der Waals surface area contributed by atoms with Crippen LogP contribution in [-0.2, 0) is 16.2 Å². The quantitative estimate of drug-likeness (QED) is 0.377. The van der Waals surface area contributed by atoms with E-state index in [0.29, 0.717) is 10.7 Å². The molecular weight excluding hydrogens is 491 g/mol. The summed E-state index contributed by atoms with van der Waals surface area (Å²) >= 11 is 5.85. The highest BCUT2D eigenvalue weighted by molar-refractivity contribution is 7.89. The fourth-order valence-electron chi connectivity index (χ4n) is 3.05. The Labute approximate surface area is 200 Å². The van der Waals surface area contributed by atoms with Crippen LogP contribution in [0.2, 0.25) is 5.02 Å². The van der Waals surface area contributed by atoms with Crippen molar-refractivity contribution in [3.05, 3.63) is 89.4 Å². The molecule has 3 rings (SSSR count). The fraction of sp³-hybridized carbons (Fsp3) is 0.174. The van der Waals surface area contributed by atoms with E-state index in [1.807, 2.05) is 0 Å². The summed E-state index contributed by atoms with van der Waals surface area (Å²) in [5.74, 6) is 0. The predicted molar refractivity (Wildman–Crippen MR) is 126 cm³/mol. The number of nitrogens with one attached hydrogen (secondary N) is 2. The van der Waals surface area contributed by atoms with Gasteiger partial charge in [0.25, 0.3) is 0 Å². The van der Waals surface area contributed by atoms with Crippen molar-refractivity contribution >= 4 is 39.0 Å². The third-order valence-corrected chi connectivity index (χ3v) is 6.46. The number of hydrogen-bond acceptors (Lipinski definition) is 3. The predicted octanol–water partition coefficient (Wildman–Crippen LogP) is 5.77. The van der Waals surface area contributed by atoms with Crippen LogP contribution in [-0.4, -0.2) is 27.5 Å². The van der Waals surface area contributed by atoms with Gasteiger partial charge in [0.15, 0.2) is 0 Å². The smallest absolute Gasteiger partial charge is 0.308 e. The first-order valence-corrected chi connectivity index (χ1v) is 12.0. The lowest BCUT2D eigenvalue weighted by molar-refractivity contribution is -0.137. The van der Waals surface area contributed by atoms with Crippen LogP contribution in [0.3, 0.4) is 0 Å². The van der Waals surface area contributed by atoms with Crippen molar-refractivity contribution in [2.45, 2.75) is 17.5 Å². The molecule has 0 aliphatic heterocycles. The lowest BCUT2D eigenvalue weighted by atomic mass is 10.1. The monoisotopic (exact) mass is 511 g/mol. The minimum atomic E-state index is -4.58. The standard InChI is InChI=1S/C23H21ClF3N3O3S/c24-18-10-12-19(13-11-18)29-22(31)30(20-7-4-6-17(16-20)23(25,26)27)15-5-14-28-34(32,33)21-8-2-1-3-9-21/h1-4,6-13,16,28H,5,14-15H2,(H,29,31). The molecule has 0 aliphatic carbocycles. The van der Waals surface area contributed by atoms with Crippen molar-refractivity contribution in [3.8, 4) is 0 Å². The van der Waals surface area contributed by atoms with E-state index >= 15 is 0 Å². The topological polar surface area (TPSA) is 78.5 Å². The van der Waals surface area contributed by atoms with Crippen molar-refractivity contribution < 1.29 is 26.4 Å². The molecule has 2 amide bonds. The van der Waals surface area contributed by atoms with Gasteiger partial charge in [-0.15, -0.1) is 0 Å². The van der Waals surface area contributed by atoms with Crippen molar-refractivity contribution in [1.82, 2.24) is 4.72 Å². The van der Waals surface area contributed by atoms with Crippen molar-refractivity contribution in [2.24, 2.45) is 0 Å². The molecule has 0 spiro atoms. The molecule has 3 aromatic rings. The molecule has 11 heteroatoms. The molecule has 34 heavy (non-hydrogen) atoms. The number of carbonyl (C=O) groups is 1. The fourth-order valence-corrected chi connectivity index (χ4v) is 4.27. The first-order chi connectivity index (χ1) is 16.1. The Bertz CT molecular complexity index is 1220. The molecule has 0 heterocycles. The van der Waals surface area contributed by atoms with Crippen LogP contribution >= 0.6 is 11.6 Å². The zero-order chi connectivity index (χ0) is 24.8. The molecule has 0 unspecified atom stereocenters. The number of urea groups is 1. The molecule has 180 valence electrons. The summed E-state index contributed by atoms with van der Waals surface area (Å²) in [5.41, 5.74) is -0.484. The van der Waals surface area contributed by atoms with E-state index in [9.17, 15) is 26.4 Å². The first-order valence-electron chi connectivity index (χ1n) is 10.1. The highest BCUT2D eigenvalue weighted by Crippen LogP contribution is 2.32. The molecule has 0 saturated carbocycles. The Hall–Kier alpha value is -3.08. The van der Waals surface area contributed by atoms with E-state index in [1.54, 1.807) is 42.5 Å². The Morgan fingerprint density at radius 1 is 0.941 bits per heavy atom. The van der Waals surface area contributed by atoms with Crippen LogP contribution in [0.1, 0.15) is 12.0 Å². The SMILES string of the molecule is O=C(Nc1ccc(Cl)cc1)N(CCCNS(=O)(=O)c1ccccc1)c1cccc(C(F)(F)F)c1. The van der Waals surface area contributed by atoms with Gasteiger partial charge >= 0.3 is 12.2 Å². The van der Waals surface area contributed by atoms with Crippen LogP contribution in [0.4, 0.5) is 29.3 Å². The molecule has 0 bridgehead atoms. The van der Waals surface area contributed by atoms with Crippen LogP contribution in [0.25, 0.3) is 0 Å². The second-order valence-electron chi connectivity index (χ2n) is 7.20. The summed E-state index contributed by atoms with van der Waals surface area (Å²) in [7, 11) is -3.75. The molecule has 3 aromatic carbocycles. The number of hydrogen-bond donors (Lipinski definition) is 2. The van der Waals surface area contributed by atoms with E-state index in [4.69, 9.17) is 11.6 Å². The molecule has 6 nitrogen and oxygen atoms in total. The first kappa shape index (κ1) is 25.5. The Morgan fingerprint density at radius 3 is 2.26 bits per heavy atom. The van der Waals surface area contributed by atoms with Crippen molar-refractivity contribution in [3.63, 3.8) is 0 Å². The largest absolute Gasteiger partial charge is 0.416 e. The summed E-state index contributed by atoms with van der Waals surface area (Å²) in [6.07, 6.45) is -4.43. The number of anilines is 2. The molecule has 0 radical (unpaired) electrons. The molecule has 0 saturated heterocycles. The Morgan fingerprint density at radius 2 is 1.62 bits per heavy atom. The third-order valence-electron chi connectivity index (χ3n) is 4.73. The number of benzene rings is 3. The highest BCUT2D eigenvalue weighted by Gasteiger charge is 2.31. The summed E-state index contributed by atoms with van der Waals surface area (Å²) in [4.78, 5) is 14.1. The van der Waals surface area contributed by atoms with Gasteiger partial charge in [-0.2, -0.15) is 13.2 Å². The van der Waals surface area contributed by atoms with Gasteiger partial charge in [0.1, 0.15) is 0 Å². The number of carbonyl (C=O) groups excluding carboxylic acids is 1. The van der Waals surface area contributed by atoms with E-state index in [0.717, 1.165) is 17.0 Å². The molecule has 0 atom stereocenters. The molecular formula is C23H21ClF3N3O3S. The second-order valence-corrected chi connectivity index (χ2v) is 9.40. The summed E-state index contributed by atoms with van der Waals surface area (Å²) in [5, 5.41) is 3.07. The molecule has 0 aromatic heterocycles. The minimum absolute atomic E-state index is 0.0206. The molecule has 0 fully saturated rings. The average molecular weight is 512 g/mol.